The topological polar surface area (TPSA) is 90.1 Å². The van der Waals surface area contributed by atoms with E-state index in [1.54, 1.807) is 6.20 Å². The van der Waals surface area contributed by atoms with Gasteiger partial charge in [-0.15, -0.1) is 0 Å². The van der Waals surface area contributed by atoms with Gasteiger partial charge in [-0.3, -0.25) is 4.98 Å². The number of pyridine rings is 1. The Morgan fingerprint density at radius 1 is 1.44 bits per heavy atom. The SMILES string of the molecule is CC[C@H](NC(=O)OC(C)(C)C)c1nc(-c2ccnc(C3CC3)c2)no1. The lowest BCUT2D eigenvalue weighted by molar-refractivity contribution is 0.0492. The maximum Gasteiger partial charge on any atom is 0.408 e. The fourth-order valence-electron chi connectivity index (χ4n) is 2.47. The molecule has 1 saturated carbocycles. The Morgan fingerprint density at radius 3 is 2.84 bits per heavy atom. The van der Waals surface area contributed by atoms with Crippen LogP contribution in [0.3, 0.4) is 0 Å². The quantitative estimate of drug-likeness (QED) is 0.882. The molecular weight excluding hydrogens is 320 g/mol. The Balaban J connectivity index is 1.72. The van der Waals surface area contributed by atoms with Crippen molar-refractivity contribution in [1.82, 2.24) is 20.4 Å². The minimum absolute atomic E-state index is 0.369. The van der Waals surface area contributed by atoms with E-state index >= 15 is 0 Å². The van der Waals surface area contributed by atoms with Crippen LogP contribution in [0.25, 0.3) is 11.4 Å². The van der Waals surface area contributed by atoms with E-state index in [1.807, 2.05) is 39.8 Å². The van der Waals surface area contributed by atoms with Gasteiger partial charge in [-0.2, -0.15) is 4.98 Å². The minimum Gasteiger partial charge on any atom is -0.444 e. The number of nitrogens with zero attached hydrogens (tertiary/aromatic N) is 3. The third kappa shape index (κ3) is 4.55. The Hall–Kier alpha value is -2.44. The van der Waals surface area contributed by atoms with E-state index in [0.717, 1.165) is 11.3 Å². The summed E-state index contributed by atoms with van der Waals surface area (Å²) in [5.41, 5.74) is 1.39. The smallest absolute Gasteiger partial charge is 0.408 e. The lowest BCUT2D eigenvalue weighted by Crippen LogP contribution is -2.34. The monoisotopic (exact) mass is 344 g/mol. The fourth-order valence-corrected chi connectivity index (χ4v) is 2.47. The van der Waals surface area contributed by atoms with Crippen LogP contribution < -0.4 is 5.32 Å². The molecule has 0 saturated heterocycles. The van der Waals surface area contributed by atoms with Crippen molar-refractivity contribution in [3.05, 3.63) is 29.9 Å². The summed E-state index contributed by atoms with van der Waals surface area (Å²) in [7, 11) is 0. The molecule has 1 amide bonds. The van der Waals surface area contributed by atoms with Crippen LogP contribution in [0.4, 0.5) is 4.79 Å². The number of nitrogens with one attached hydrogen (secondary N) is 1. The number of carbonyl (C=O) groups excluding carboxylic acids is 1. The average Bonchev–Trinajstić information content (AvgIpc) is 3.28. The molecule has 1 atom stereocenters. The predicted octanol–water partition coefficient (Wildman–Crippen LogP) is 3.98. The Bertz CT molecular complexity index is 747. The molecule has 1 fully saturated rings. The predicted molar refractivity (Wildman–Crippen MR) is 91.9 cm³/mol. The zero-order valence-electron chi connectivity index (χ0n) is 15.1. The van der Waals surface area contributed by atoms with Crippen molar-refractivity contribution in [2.75, 3.05) is 0 Å². The van der Waals surface area contributed by atoms with Gasteiger partial charge < -0.3 is 14.6 Å². The first-order chi connectivity index (χ1) is 11.9. The molecular formula is C18H24N4O3. The van der Waals surface area contributed by atoms with Gasteiger partial charge in [0.05, 0.1) is 0 Å². The van der Waals surface area contributed by atoms with Crippen molar-refractivity contribution >= 4 is 6.09 Å². The summed E-state index contributed by atoms with van der Waals surface area (Å²) in [6.45, 7) is 7.39. The highest BCUT2D eigenvalue weighted by Crippen LogP contribution is 2.39. The second-order valence-corrected chi connectivity index (χ2v) is 7.31. The molecule has 1 aliphatic carbocycles. The fraction of sp³-hybridized carbons (Fsp3) is 0.556. The molecule has 2 aromatic rings. The van der Waals surface area contributed by atoms with E-state index in [9.17, 15) is 4.79 Å². The molecule has 7 nitrogen and oxygen atoms in total. The number of carbonyl (C=O) groups is 1. The van der Waals surface area contributed by atoms with Crippen LogP contribution in [-0.2, 0) is 4.74 Å². The van der Waals surface area contributed by atoms with Gasteiger partial charge in [0.25, 0.3) is 0 Å². The molecule has 1 aliphatic rings. The minimum atomic E-state index is -0.557. The number of alkyl carbamates (subject to hydrolysis) is 1. The van der Waals surface area contributed by atoms with E-state index in [1.165, 1.54) is 12.8 Å². The first kappa shape index (κ1) is 17.4. The molecule has 0 aromatic carbocycles. The first-order valence-electron chi connectivity index (χ1n) is 8.65. The number of ether oxygens (including phenoxy) is 1. The zero-order chi connectivity index (χ0) is 18.0. The van der Waals surface area contributed by atoms with Crippen LogP contribution in [-0.4, -0.2) is 26.8 Å². The normalized spacial score (nSPS) is 15.7. The number of hydrogen-bond acceptors (Lipinski definition) is 6. The van der Waals surface area contributed by atoms with Crippen LogP contribution in [0, 0.1) is 0 Å². The molecule has 0 spiro atoms. The molecule has 0 aliphatic heterocycles. The summed E-state index contributed by atoms with van der Waals surface area (Å²) in [5.74, 6) is 1.43. The number of hydrogen-bond donors (Lipinski definition) is 1. The molecule has 134 valence electrons. The molecule has 2 aromatic heterocycles. The first-order valence-corrected chi connectivity index (χ1v) is 8.65. The number of rotatable bonds is 5. The third-order valence-corrected chi connectivity index (χ3v) is 3.87. The highest BCUT2D eigenvalue weighted by Gasteiger charge is 2.26. The van der Waals surface area contributed by atoms with Crippen molar-refractivity contribution in [3.63, 3.8) is 0 Å². The van der Waals surface area contributed by atoms with Gasteiger partial charge in [0, 0.05) is 23.4 Å². The van der Waals surface area contributed by atoms with Crippen LogP contribution in [0.2, 0.25) is 0 Å². The Kier molecular flexibility index (Phi) is 4.74. The molecule has 25 heavy (non-hydrogen) atoms. The van der Waals surface area contributed by atoms with Crippen LogP contribution in [0.1, 0.15) is 70.5 Å². The van der Waals surface area contributed by atoms with Gasteiger partial charge in [-0.05, 0) is 52.2 Å². The molecule has 0 bridgehead atoms. The average molecular weight is 344 g/mol. The summed E-state index contributed by atoms with van der Waals surface area (Å²) in [6, 6.07) is 3.48. The van der Waals surface area contributed by atoms with Gasteiger partial charge in [-0.25, -0.2) is 4.79 Å². The van der Waals surface area contributed by atoms with E-state index in [-0.39, 0.29) is 6.04 Å². The van der Waals surface area contributed by atoms with Gasteiger partial charge in [0.15, 0.2) is 0 Å². The van der Waals surface area contributed by atoms with E-state index in [0.29, 0.717) is 24.1 Å². The Labute approximate surface area is 147 Å². The molecule has 7 heteroatoms. The van der Waals surface area contributed by atoms with E-state index in [4.69, 9.17) is 9.26 Å². The van der Waals surface area contributed by atoms with Gasteiger partial charge in [-0.1, -0.05) is 12.1 Å². The highest BCUT2D eigenvalue weighted by atomic mass is 16.6. The summed E-state index contributed by atoms with van der Waals surface area (Å²) < 4.78 is 10.7. The molecule has 1 N–H and O–H groups in total. The lowest BCUT2D eigenvalue weighted by Gasteiger charge is -2.21. The van der Waals surface area contributed by atoms with E-state index in [2.05, 4.69) is 20.4 Å². The highest BCUT2D eigenvalue weighted by molar-refractivity contribution is 5.68. The molecule has 0 radical (unpaired) electrons. The summed E-state index contributed by atoms with van der Waals surface area (Å²) in [6.07, 6.45) is 4.26. The zero-order valence-corrected chi connectivity index (χ0v) is 15.1. The third-order valence-electron chi connectivity index (χ3n) is 3.87. The standard InChI is InChI=1S/C18H24N4O3/c1-5-13(20-17(23)24-18(2,3)4)16-21-15(22-25-16)12-8-9-19-14(10-12)11-6-7-11/h8-11,13H,5-7H2,1-4H3,(H,20,23)/t13-/m0/s1. The summed E-state index contributed by atoms with van der Waals surface area (Å²) >= 11 is 0. The summed E-state index contributed by atoms with van der Waals surface area (Å²) in [4.78, 5) is 20.8. The second-order valence-electron chi connectivity index (χ2n) is 7.31. The molecule has 2 heterocycles. The number of aromatic nitrogens is 3. The number of amides is 1. The van der Waals surface area contributed by atoms with Crippen molar-refractivity contribution in [2.24, 2.45) is 0 Å². The van der Waals surface area contributed by atoms with Crippen molar-refractivity contribution in [3.8, 4) is 11.4 Å². The maximum absolute atomic E-state index is 12.0. The van der Waals surface area contributed by atoms with Gasteiger partial charge in [0.1, 0.15) is 11.6 Å². The van der Waals surface area contributed by atoms with Crippen molar-refractivity contribution < 1.29 is 14.1 Å². The largest absolute Gasteiger partial charge is 0.444 e. The van der Waals surface area contributed by atoms with Crippen LogP contribution in [0.5, 0.6) is 0 Å². The molecule has 0 unspecified atom stereocenters. The Morgan fingerprint density at radius 2 is 2.20 bits per heavy atom. The molecule has 3 rings (SSSR count). The van der Waals surface area contributed by atoms with Crippen LogP contribution in [0.15, 0.2) is 22.9 Å². The maximum atomic E-state index is 12.0. The van der Waals surface area contributed by atoms with Crippen molar-refractivity contribution in [2.45, 2.75) is 64.5 Å². The van der Waals surface area contributed by atoms with Gasteiger partial charge >= 0.3 is 6.09 Å². The summed E-state index contributed by atoms with van der Waals surface area (Å²) in [5, 5.41) is 6.83. The van der Waals surface area contributed by atoms with Crippen LogP contribution >= 0.6 is 0 Å². The van der Waals surface area contributed by atoms with E-state index < -0.39 is 11.7 Å². The van der Waals surface area contributed by atoms with Gasteiger partial charge in [0.2, 0.25) is 11.7 Å². The van der Waals surface area contributed by atoms with Crippen molar-refractivity contribution in [1.29, 1.82) is 0 Å². The second kappa shape index (κ2) is 6.82. The lowest BCUT2D eigenvalue weighted by atomic mass is 10.1.